The molecular weight excluding hydrogens is 211 g/mol. The Morgan fingerprint density at radius 1 is 1.38 bits per heavy atom. The van der Waals surface area contributed by atoms with Crippen molar-refractivity contribution in [3.05, 3.63) is 34.4 Å². The van der Waals surface area contributed by atoms with E-state index in [0.29, 0.717) is 11.1 Å². The largest absolute Gasteiger partial charge is 0.383 e. The molecule has 84 valence electrons. The highest BCUT2D eigenvalue weighted by Crippen LogP contribution is 2.27. The van der Waals surface area contributed by atoms with Crippen LogP contribution in [0.1, 0.15) is 0 Å². The van der Waals surface area contributed by atoms with E-state index in [-0.39, 0.29) is 11.2 Å². The van der Waals surface area contributed by atoms with Gasteiger partial charge in [-0.1, -0.05) is 0 Å². The molecule has 2 aromatic rings. The molecule has 0 aliphatic heterocycles. The predicted molar refractivity (Wildman–Crippen MR) is 61.5 cm³/mol. The standard InChI is InChI=1S/C10H11FN4O/c1-15(13)8-6-3-2-5(11)4-7(6)10(16)14-9(8)12/h2-4H,13H2,1H3,(H3,12,14,16). The number of hydrazine groups is 1. The van der Waals surface area contributed by atoms with Crippen molar-refractivity contribution in [2.75, 3.05) is 17.8 Å². The molecule has 0 unspecified atom stereocenters. The molecule has 5 nitrogen and oxygen atoms in total. The first kappa shape index (κ1) is 10.4. The fourth-order valence-corrected chi connectivity index (χ4v) is 1.68. The molecule has 0 saturated heterocycles. The zero-order chi connectivity index (χ0) is 11.9. The van der Waals surface area contributed by atoms with E-state index >= 15 is 0 Å². The topological polar surface area (TPSA) is 88.1 Å². The van der Waals surface area contributed by atoms with Gasteiger partial charge in [-0.3, -0.25) is 4.79 Å². The summed E-state index contributed by atoms with van der Waals surface area (Å²) in [4.78, 5) is 14.0. The molecule has 2 rings (SSSR count). The Bertz CT molecular complexity index is 606. The van der Waals surface area contributed by atoms with E-state index in [1.165, 1.54) is 17.1 Å². The van der Waals surface area contributed by atoms with E-state index in [4.69, 9.17) is 11.6 Å². The zero-order valence-electron chi connectivity index (χ0n) is 8.62. The van der Waals surface area contributed by atoms with Crippen LogP contribution in [0.4, 0.5) is 15.9 Å². The second kappa shape index (κ2) is 3.49. The minimum atomic E-state index is -0.478. The number of anilines is 2. The Hall–Kier alpha value is -2.08. The quantitative estimate of drug-likeness (QED) is 0.486. The van der Waals surface area contributed by atoms with Crippen LogP contribution in [0.5, 0.6) is 0 Å². The van der Waals surface area contributed by atoms with Crippen LogP contribution in [0.3, 0.4) is 0 Å². The Labute approximate surface area is 90.4 Å². The van der Waals surface area contributed by atoms with Gasteiger partial charge in [-0.2, -0.15) is 0 Å². The first-order valence-corrected chi connectivity index (χ1v) is 4.60. The van der Waals surface area contributed by atoms with Crippen molar-refractivity contribution in [3.63, 3.8) is 0 Å². The van der Waals surface area contributed by atoms with Crippen molar-refractivity contribution in [1.29, 1.82) is 0 Å². The number of nitrogens with two attached hydrogens (primary N) is 2. The number of aromatic nitrogens is 1. The predicted octanol–water partition coefficient (Wildman–Crippen LogP) is 0.559. The summed E-state index contributed by atoms with van der Waals surface area (Å²) in [6.45, 7) is 0. The molecule has 0 bridgehead atoms. The number of nitrogen functional groups attached to an aromatic ring is 1. The second-order valence-corrected chi connectivity index (χ2v) is 3.52. The number of H-pyrrole nitrogens is 1. The molecule has 0 saturated carbocycles. The number of rotatable bonds is 1. The van der Waals surface area contributed by atoms with E-state index in [0.717, 1.165) is 6.07 Å². The van der Waals surface area contributed by atoms with E-state index in [9.17, 15) is 9.18 Å². The lowest BCUT2D eigenvalue weighted by atomic mass is 10.1. The normalized spacial score (nSPS) is 10.7. The molecule has 0 spiro atoms. The van der Waals surface area contributed by atoms with Gasteiger partial charge in [0.15, 0.2) is 0 Å². The van der Waals surface area contributed by atoms with Crippen molar-refractivity contribution >= 4 is 22.3 Å². The highest BCUT2D eigenvalue weighted by Gasteiger charge is 2.11. The summed E-state index contributed by atoms with van der Waals surface area (Å²) in [5.41, 5.74) is 5.69. The number of hydrogen-bond acceptors (Lipinski definition) is 4. The molecular formula is C10H11FN4O. The van der Waals surface area contributed by atoms with Gasteiger partial charge in [-0.15, -0.1) is 0 Å². The number of aromatic amines is 1. The third kappa shape index (κ3) is 1.49. The molecule has 16 heavy (non-hydrogen) atoms. The Morgan fingerprint density at radius 2 is 2.06 bits per heavy atom. The lowest BCUT2D eigenvalue weighted by molar-refractivity contribution is 0.629. The van der Waals surface area contributed by atoms with Crippen LogP contribution in [-0.4, -0.2) is 12.0 Å². The van der Waals surface area contributed by atoms with Crippen molar-refractivity contribution in [3.8, 4) is 0 Å². The number of hydrogen-bond donors (Lipinski definition) is 3. The van der Waals surface area contributed by atoms with E-state index < -0.39 is 11.4 Å². The summed E-state index contributed by atoms with van der Waals surface area (Å²) in [6, 6.07) is 3.89. The van der Waals surface area contributed by atoms with Gasteiger partial charge in [-0.05, 0) is 18.2 Å². The lowest BCUT2D eigenvalue weighted by Crippen LogP contribution is -2.28. The summed E-state index contributed by atoms with van der Waals surface area (Å²) in [6.07, 6.45) is 0. The highest BCUT2D eigenvalue weighted by molar-refractivity contribution is 5.97. The summed E-state index contributed by atoms with van der Waals surface area (Å²) in [5, 5.41) is 2.03. The number of fused-ring (bicyclic) bond motifs is 1. The average molecular weight is 222 g/mol. The second-order valence-electron chi connectivity index (χ2n) is 3.52. The SMILES string of the molecule is CN(N)c1c(N)[nH]c(=O)c2cc(F)ccc12. The average Bonchev–Trinajstić information content (AvgIpc) is 2.18. The van der Waals surface area contributed by atoms with Crippen LogP contribution in [0.15, 0.2) is 23.0 Å². The summed E-state index contributed by atoms with van der Waals surface area (Å²) >= 11 is 0. The van der Waals surface area contributed by atoms with Crippen LogP contribution in [-0.2, 0) is 0 Å². The van der Waals surface area contributed by atoms with E-state index in [1.807, 2.05) is 0 Å². The molecule has 0 aliphatic carbocycles. The third-order valence-corrected chi connectivity index (χ3v) is 2.34. The lowest BCUT2D eigenvalue weighted by Gasteiger charge is -2.16. The molecule has 0 fully saturated rings. The molecule has 1 aromatic heterocycles. The molecule has 1 aromatic carbocycles. The summed E-state index contributed by atoms with van der Waals surface area (Å²) in [7, 11) is 1.59. The number of pyridine rings is 1. The van der Waals surface area contributed by atoms with Crippen LogP contribution in [0.25, 0.3) is 10.8 Å². The molecule has 6 heteroatoms. The first-order valence-electron chi connectivity index (χ1n) is 4.60. The highest BCUT2D eigenvalue weighted by atomic mass is 19.1. The van der Waals surface area contributed by atoms with E-state index in [1.54, 1.807) is 7.05 Å². The van der Waals surface area contributed by atoms with Crippen LogP contribution in [0.2, 0.25) is 0 Å². The van der Waals surface area contributed by atoms with Gasteiger partial charge in [0, 0.05) is 12.4 Å². The van der Waals surface area contributed by atoms with Gasteiger partial charge in [0.25, 0.3) is 5.56 Å². The van der Waals surface area contributed by atoms with Crippen molar-refractivity contribution in [2.45, 2.75) is 0 Å². The van der Waals surface area contributed by atoms with Gasteiger partial charge >= 0.3 is 0 Å². The summed E-state index contributed by atoms with van der Waals surface area (Å²) in [5.74, 6) is 5.29. The van der Waals surface area contributed by atoms with Crippen LogP contribution < -0.4 is 22.1 Å². The van der Waals surface area contributed by atoms with Crippen LogP contribution in [0, 0.1) is 5.82 Å². The van der Waals surface area contributed by atoms with Gasteiger partial charge in [0.1, 0.15) is 11.6 Å². The van der Waals surface area contributed by atoms with Crippen LogP contribution >= 0.6 is 0 Å². The Balaban J connectivity index is 2.96. The number of nitrogens with one attached hydrogen (secondary N) is 1. The monoisotopic (exact) mass is 222 g/mol. The van der Waals surface area contributed by atoms with E-state index in [2.05, 4.69) is 4.98 Å². The molecule has 0 radical (unpaired) electrons. The van der Waals surface area contributed by atoms with Gasteiger partial charge < -0.3 is 15.7 Å². The van der Waals surface area contributed by atoms with Crippen molar-refractivity contribution in [2.24, 2.45) is 5.84 Å². The number of halogens is 1. The molecule has 5 N–H and O–H groups in total. The van der Waals surface area contributed by atoms with Gasteiger partial charge in [0.2, 0.25) is 0 Å². The number of benzene rings is 1. The van der Waals surface area contributed by atoms with Gasteiger partial charge in [0.05, 0.1) is 11.1 Å². The first-order chi connectivity index (χ1) is 7.50. The molecule has 0 atom stereocenters. The minimum absolute atomic E-state index is 0.161. The maximum absolute atomic E-state index is 13.0. The van der Waals surface area contributed by atoms with Crippen molar-refractivity contribution < 1.29 is 4.39 Å². The fourth-order valence-electron chi connectivity index (χ4n) is 1.68. The Kier molecular flexibility index (Phi) is 2.28. The molecule has 0 amide bonds. The third-order valence-electron chi connectivity index (χ3n) is 2.34. The zero-order valence-corrected chi connectivity index (χ0v) is 8.62. The smallest absolute Gasteiger partial charge is 0.257 e. The fraction of sp³-hybridized carbons (Fsp3) is 0.100. The van der Waals surface area contributed by atoms with Crippen molar-refractivity contribution in [1.82, 2.24) is 4.98 Å². The molecule has 0 aliphatic rings. The Morgan fingerprint density at radius 3 is 2.69 bits per heavy atom. The maximum atomic E-state index is 13.0. The maximum Gasteiger partial charge on any atom is 0.257 e. The number of nitrogens with zero attached hydrogens (tertiary/aromatic N) is 1. The molecule has 1 heterocycles. The summed E-state index contributed by atoms with van der Waals surface area (Å²) < 4.78 is 13.0. The minimum Gasteiger partial charge on any atom is -0.383 e. The van der Waals surface area contributed by atoms with Gasteiger partial charge in [-0.25, -0.2) is 10.2 Å².